The number of unbranched alkanes of at least 4 members (excludes halogenated alkanes) is 8. The van der Waals surface area contributed by atoms with E-state index in [0.717, 1.165) is 30.4 Å². The van der Waals surface area contributed by atoms with E-state index in [-0.39, 0.29) is 18.0 Å². The Morgan fingerprint density at radius 3 is 2.09 bits per heavy atom. The zero-order valence-electron chi connectivity index (χ0n) is 22.4. The Labute approximate surface area is 213 Å². The molecule has 0 aliphatic heterocycles. The van der Waals surface area contributed by atoms with Crippen molar-refractivity contribution in [3.05, 3.63) is 42.2 Å². The number of esters is 1. The lowest BCUT2D eigenvalue weighted by Crippen LogP contribution is -2.16. The highest BCUT2D eigenvalue weighted by Crippen LogP contribution is 2.24. The summed E-state index contributed by atoms with van der Waals surface area (Å²) in [6.45, 7) is 9.20. The maximum Gasteiger partial charge on any atom is 0.306 e. The second-order valence-electron chi connectivity index (χ2n) is 9.74. The van der Waals surface area contributed by atoms with Crippen LogP contribution < -0.4 is 4.74 Å². The monoisotopic (exact) mass is 482 g/mol. The first kappa shape index (κ1) is 28.8. The van der Waals surface area contributed by atoms with E-state index in [4.69, 9.17) is 9.47 Å². The summed E-state index contributed by atoms with van der Waals surface area (Å²) in [4.78, 5) is 21.3. The Hall–Kier alpha value is -2.43. The highest BCUT2D eigenvalue weighted by atomic mass is 16.5. The van der Waals surface area contributed by atoms with Crippen LogP contribution in [0.2, 0.25) is 0 Å². The van der Waals surface area contributed by atoms with Crippen LogP contribution in [0.25, 0.3) is 11.4 Å². The summed E-state index contributed by atoms with van der Waals surface area (Å²) < 4.78 is 11.4. The summed E-state index contributed by atoms with van der Waals surface area (Å²) in [7, 11) is 0. The largest absolute Gasteiger partial charge is 0.490 e. The molecular formula is C30H46N2O3. The second-order valence-corrected chi connectivity index (χ2v) is 9.74. The van der Waals surface area contributed by atoms with Crippen molar-refractivity contribution in [1.29, 1.82) is 0 Å². The average molecular weight is 483 g/mol. The third-order valence-electron chi connectivity index (χ3n) is 6.40. The molecule has 0 amide bonds. The molecule has 0 fully saturated rings. The minimum atomic E-state index is -0.121. The molecule has 0 aliphatic rings. The molecule has 5 heteroatoms. The SMILES string of the molecule is CCCCCCCCOc1cnc(-c2ccc(C(C)CC(=O)OC(C)CCCCCC)cc2)nc1. The standard InChI is InChI=1S/C30H46N2O3/c1-5-7-9-11-12-14-20-34-28-22-31-30(32-23-28)27-18-16-26(17-19-27)24(3)21-29(33)35-25(4)15-13-10-8-6-2/h16-19,22-25H,5-15,20-21H2,1-4H3. The fraction of sp³-hybridized carbons (Fsp3) is 0.633. The van der Waals surface area contributed by atoms with Crippen LogP contribution in [0.15, 0.2) is 36.7 Å². The number of aromatic nitrogens is 2. The molecule has 2 atom stereocenters. The van der Waals surface area contributed by atoms with E-state index in [1.54, 1.807) is 12.4 Å². The Balaban J connectivity index is 1.75. The number of benzene rings is 1. The number of nitrogens with zero attached hydrogens (tertiary/aromatic N) is 2. The third-order valence-corrected chi connectivity index (χ3v) is 6.40. The number of carbonyl (C=O) groups excluding carboxylic acids is 1. The lowest BCUT2D eigenvalue weighted by Gasteiger charge is -2.16. The Bertz CT molecular complexity index is 821. The molecule has 0 saturated carbocycles. The summed E-state index contributed by atoms with van der Waals surface area (Å²) in [5.74, 6) is 1.37. The molecule has 0 spiro atoms. The summed E-state index contributed by atoms with van der Waals surface area (Å²) in [6.07, 6.45) is 17.1. The van der Waals surface area contributed by atoms with Crippen LogP contribution in [-0.2, 0) is 9.53 Å². The van der Waals surface area contributed by atoms with E-state index in [1.807, 2.05) is 31.2 Å². The average Bonchev–Trinajstić information content (AvgIpc) is 2.86. The first-order valence-corrected chi connectivity index (χ1v) is 13.8. The van der Waals surface area contributed by atoms with Gasteiger partial charge >= 0.3 is 5.97 Å². The zero-order valence-corrected chi connectivity index (χ0v) is 22.4. The lowest BCUT2D eigenvalue weighted by atomic mass is 9.96. The van der Waals surface area contributed by atoms with Gasteiger partial charge in [0.15, 0.2) is 11.6 Å². The Kier molecular flexibility index (Phi) is 14.1. The fourth-order valence-corrected chi connectivity index (χ4v) is 4.13. The first-order chi connectivity index (χ1) is 17.0. The molecule has 1 aromatic carbocycles. The van der Waals surface area contributed by atoms with Crippen LogP contribution in [-0.4, -0.2) is 28.6 Å². The summed E-state index contributed by atoms with van der Waals surface area (Å²) >= 11 is 0. The topological polar surface area (TPSA) is 61.3 Å². The summed E-state index contributed by atoms with van der Waals surface area (Å²) in [6, 6.07) is 8.13. The molecule has 35 heavy (non-hydrogen) atoms. The highest BCUT2D eigenvalue weighted by Gasteiger charge is 2.15. The Morgan fingerprint density at radius 1 is 0.829 bits per heavy atom. The molecule has 1 heterocycles. The van der Waals surface area contributed by atoms with Crippen LogP contribution in [0.4, 0.5) is 0 Å². The van der Waals surface area contributed by atoms with Crippen molar-refractivity contribution in [2.75, 3.05) is 6.61 Å². The molecule has 1 aromatic heterocycles. The van der Waals surface area contributed by atoms with Gasteiger partial charge in [-0.25, -0.2) is 9.97 Å². The van der Waals surface area contributed by atoms with Gasteiger partial charge in [-0.2, -0.15) is 0 Å². The molecular weight excluding hydrogens is 436 g/mol. The number of rotatable bonds is 18. The minimum Gasteiger partial charge on any atom is -0.490 e. The molecule has 2 rings (SSSR count). The number of carbonyl (C=O) groups is 1. The molecule has 0 saturated heterocycles. The molecule has 0 N–H and O–H groups in total. The second kappa shape index (κ2) is 17.1. The number of hydrogen-bond acceptors (Lipinski definition) is 5. The van der Waals surface area contributed by atoms with Crippen molar-refractivity contribution < 1.29 is 14.3 Å². The van der Waals surface area contributed by atoms with Crippen molar-refractivity contribution in [1.82, 2.24) is 9.97 Å². The smallest absolute Gasteiger partial charge is 0.306 e. The van der Waals surface area contributed by atoms with Gasteiger partial charge in [-0.15, -0.1) is 0 Å². The molecule has 0 radical (unpaired) electrons. The van der Waals surface area contributed by atoms with Gasteiger partial charge in [-0.1, -0.05) is 96.4 Å². The van der Waals surface area contributed by atoms with Gasteiger partial charge in [0, 0.05) is 5.56 Å². The van der Waals surface area contributed by atoms with Crippen molar-refractivity contribution in [2.45, 2.75) is 117 Å². The maximum absolute atomic E-state index is 12.3. The van der Waals surface area contributed by atoms with E-state index in [9.17, 15) is 4.79 Å². The summed E-state index contributed by atoms with van der Waals surface area (Å²) in [5.41, 5.74) is 2.06. The maximum atomic E-state index is 12.3. The number of hydrogen-bond donors (Lipinski definition) is 0. The van der Waals surface area contributed by atoms with Gasteiger partial charge in [0.1, 0.15) is 0 Å². The van der Waals surface area contributed by atoms with Gasteiger partial charge in [0.05, 0.1) is 31.5 Å². The summed E-state index contributed by atoms with van der Waals surface area (Å²) in [5, 5.41) is 0. The van der Waals surface area contributed by atoms with Crippen molar-refractivity contribution in [3.8, 4) is 17.1 Å². The van der Waals surface area contributed by atoms with Crippen molar-refractivity contribution >= 4 is 5.97 Å². The van der Waals surface area contributed by atoms with Crippen LogP contribution >= 0.6 is 0 Å². The Morgan fingerprint density at radius 2 is 1.43 bits per heavy atom. The van der Waals surface area contributed by atoms with E-state index < -0.39 is 0 Å². The number of ether oxygens (including phenoxy) is 2. The van der Waals surface area contributed by atoms with Crippen LogP contribution in [0.1, 0.15) is 116 Å². The first-order valence-electron chi connectivity index (χ1n) is 13.8. The van der Waals surface area contributed by atoms with Crippen molar-refractivity contribution in [3.63, 3.8) is 0 Å². The van der Waals surface area contributed by atoms with E-state index in [1.165, 1.54) is 51.4 Å². The lowest BCUT2D eigenvalue weighted by molar-refractivity contribution is -0.148. The van der Waals surface area contributed by atoms with Gasteiger partial charge in [0.25, 0.3) is 0 Å². The predicted molar refractivity (Wildman–Crippen MR) is 144 cm³/mol. The van der Waals surface area contributed by atoms with Crippen molar-refractivity contribution in [2.24, 2.45) is 0 Å². The zero-order chi connectivity index (χ0) is 25.3. The normalized spacial score (nSPS) is 12.8. The quantitative estimate of drug-likeness (QED) is 0.158. The molecule has 0 aliphatic carbocycles. The molecule has 194 valence electrons. The van der Waals surface area contributed by atoms with E-state index in [0.29, 0.717) is 24.6 Å². The van der Waals surface area contributed by atoms with Crippen LogP contribution in [0.5, 0.6) is 5.75 Å². The fourth-order valence-electron chi connectivity index (χ4n) is 4.13. The van der Waals surface area contributed by atoms with Gasteiger partial charge < -0.3 is 9.47 Å². The van der Waals surface area contributed by atoms with Gasteiger partial charge in [-0.3, -0.25) is 4.79 Å². The third kappa shape index (κ3) is 11.7. The molecule has 5 nitrogen and oxygen atoms in total. The van der Waals surface area contributed by atoms with E-state index >= 15 is 0 Å². The minimum absolute atomic E-state index is 0.0103. The molecule has 0 bridgehead atoms. The van der Waals surface area contributed by atoms with Crippen LogP contribution in [0, 0.1) is 0 Å². The van der Waals surface area contributed by atoms with E-state index in [2.05, 4.69) is 30.7 Å². The van der Waals surface area contributed by atoms with Gasteiger partial charge in [0.2, 0.25) is 0 Å². The van der Waals surface area contributed by atoms with Gasteiger partial charge in [-0.05, 0) is 37.7 Å². The molecule has 2 unspecified atom stereocenters. The molecule has 2 aromatic rings. The van der Waals surface area contributed by atoms with Crippen LogP contribution in [0.3, 0.4) is 0 Å². The predicted octanol–water partition coefficient (Wildman–Crippen LogP) is 8.28. The highest BCUT2D eigenvalue weighted by molar-refractivity contribution is 5.70.